The van der Waals surface area contributed by atoms with E-state index in [4.69, 9.17) is 4.74 Å². The molecule has 0 aliphatic rings. The van der Waals surface area contributed by atoms with Crippen molar-refractivity contribution < 1.29 is 14.2 Å². The number of anilines is 1. The smallest absolute Gasteiger partial charge is 0.372 e. The topological polar surface area (TPSA) is 74.2 Å². The van der Waals surface area contributed by atoms with Crippen molar-refractivity contribution in [1.29, 1.82) is 0 Å². The van der Waals surface area contributed by atoms with E-state index >= 15 is 0 Å². The Labute approximate surface area is 148 Å². The monoisotopic (exact) mass is 373 g/mol. The van der Waals surface area contributed by atoms with Crippen molar-refractivity contribution in [2.75, 3.05) is 26.0 Å². The van der Waals surface area contributed by atoms with Gasteiger partial charge in [-0.3, -0.25) is 4.57 Å². The van der Waals surface area contributed by atoms with Crippen LogP contribution in [0.25, 0.3) is 0 Å². The van der Waals surface area contributed by atoms with Crippen LogP contribution in [0, 0.1) is 0 Å². The molecule has 0 heterocycles. The molecule has 24 heavy (non-hydrogen) atoms. The van der Waals surface area contributed by atoms with Crippen LogP contribution in [0.4, 0.5) is 5.69 Å². The van der Waals surface area contributed by atoms with Crippen LogP contribution in [0.15, 0.2) is 29.0 Å². The molecule has 2 atom stereocenters. The second-order valence-corrected chi connectivity index (χ2v) is 9.74. The summed E-state index contributed by atoms with van der Waals surface area (Å²) in [4.78, 5) is 12.1. The van der Waals surface area contributed by atoms with Gasteiger partial charge in [0.15, 0.2) is 0 Å². The van der Waals surface area contributed by atoms with Gasteiger partial charge in [-0.25, -0.2) is 0 Å². The largest absolute Gasteiger partial charge is 0.495 e. The van der Waals surface area contributed by atoms with E-state index in [9.17, 15) is 9.46 Å². The summed E-state index contributed by atoms with van der Waals surface area (Å²) < 4.78 is 21.9. The van der Waals surface area contributed by atoms with Crippen LogP contribution in [-0.2, 0) is 4.57 Å². The maximum absolute atomic E-state index is 12.5. The van der Waals surface area contributed by atoms with Gasteiger partial charge in [0.05, 0.1) is 12.8 Å². The Hall–Kier alpha value is -1.17. The number of hydrogen-bond acceptors (Lipinski definition) is 3. The third-order valence-corrected chi connectivity index (χ3v) is 6.95. The van der Waals surface area contributed by atoms with E-state index in [2.05, 4.69) is 10.1 Å². The fourth-order valence-corrected chi connectivity index (χ4v) is 5.29. The van der Waals surface area contributed by atoms with Gasteiger partial charge < -0.3 is 19.8 Å². The van der Waals surface area contributed by atoms with Crippen molar-refractivity contribution in [3.8, 4) is 5.75 Å². The Morgan fingerprint density at radius 2 is 2.12 bits per heavy atom. The molecule has 0 aliphatic carbocycles. The van der Waals surface area contributed by atoms with E-state index in [0.29, 0.717) is 17.4 Å². The van der Waals surface area contributed by atoms with Crippen LogP contribution in [0.3, 0.4) is 0 Å². The molecular weight excluding hydrogens is 345 g/mol. The molecule has 1 aromatic carbocycles. The Bertz CT molecular complexity index is 598. The molecule has 8 heteroatoms. The molecule has 0 saturated carbocycles. The molecule has 0 aromatic heterocycles. The Kier molecular flexibility index (Phi) is 8.67. The summed E-state index contributed by atoms with van der Waals surface area (Å²) in [5, 5.41) is 3.20. The van der Waals surface area contributed by atoms with Crippen molar-refractivity contribution in [1.82, 2.24) is 4.90 Å². The average Bonchev–Trinajstić information content (AvgIpc) is 2.54. The maximum atomic E-state index is 12.5. The molecule has 0 spiro atoms. The zero-order valence-corrected chi connectivity index (χ0v) is 16.7. The van der Waals surface area contributed by atoms with Crippen LogP contribution in [0.2, 0.25) is 0 Å². The van der Waals surface area contributed by atoms with Gasteiger partial charge in [0.25, 0.3) is 0 Å². The number of hydrogen-bond donors (Lipinski definition) is 2. The van der Waals surface area contributed by atoms with E-state index in [0.717, 1.165) is 30.8 Å². The van der Waals surface area contributed by atoms with Crippen LogP contribution < -0.4 is 10.1 Å². The normalized spacial score (nSPS) is 15.5. The van der Waals surface area contributed by atoms with Crippen LogP contribution >= 0.6 is 18.1 Å². The molecule has 0 bridgehead atoms. The summed E-state index contributed by atoms with van der Waals surface area (Å²) >= 11 is 1.01. The predicted octanol–water partition coefficient (Wildman–Crippen LogP) is 4.44. The molecule has 6 nitrogen and oxygen atoms in total. The third-order valence-electron chi connectivity index (χ3n) is 3.39. The van der Waals surface area contributed by atoms with E-state index in [1.807, 2.05) is 57.0 Å². The molecule has 0 aliphatic heterocycles. The van der Waals surface area contributed by atoms with Gasteiger partial charge in [-0.05, 0) is 36.4 Å². The molecule has 0 fully saturated rings. The third kappa shape index (κ3) is 6.75. The molecule has 2 unspecified atom stereocenters. The van der Waals surface area contributed by atoms with Gasteiger partial charge in [0.1, 0.15) is 5.75 Å². The second kappa shape index (κ2) is 9.97. The minimum Gasteiger partial charge on any atom is -0.495 e. The Balaban J connectivity index is 3.12. The minimum atomic E-state index is -3.70. The van der Waals surface area contributed by atoms with Crippen LogP contribution in [0.5, 0.6) is 5.75 Å². The van der Waals surface area contributed by atoms with Gasteiger partial charge >= 0.3 is 6.72 Å². The maximum Gasteiger partial charge on any atom is 0.372 e. The van der Waals surface area contributed by atoms with Gasteiger partial charge in [-0.15, -0.1) is 0 Å². The van der Waals surface area contributed by atoms with Crippen molar-refractivity contribution >= 4 is 29.8 Å². The highest BCUT2D eigenvalue weighted by Gasteiger charge is 2.24. The number of nitrogens with zero attached hydrogens (tertiary/aromatic N) is 2. The summed E-state index contributed by atoms with van der Waals surface area (Å²) in [5.41, 5.74) is 0.704. The van der Waals surface area contributed by atoms with Crippen LogP contribution in [0.1, 0.15) is 33.6 Å². The molecule has 1 rings (SSSR count). The lowest BCUT2D eigenvalue weighted by atomic mass is 10.3. The first kappa shape index (κ1) is 20.9. The number of methoxy groups -OCH3 is 1. The number of guanidine groups is 1. The standard InChI is InChI=1S/C16H28N3O3PS/c1-6-12-19(4)16(18-23(20,21)24-13(3)7-2)17-14-10-8-9-11-15(14)22-5/h8-11,13H,6-7,12H2,1-5H3,(H2,17,18,20,21). The SMILES string of the molecule is CCCN(C)/C(=N\P(=O)(O)SC(C)CC)Nc1ccccc1OC. The van der Waals surface area contributed by atoms with Gasteiger partial charge in [0, 0.05) is 18.8 Å². The predicted molar refractivity (Wildman–Crippen MR) is 104 cm³/mol. The summed E-state index contributed by atoms with van der Waals surface area (Å²) in [6, 6.07) is 7.41. The minimum absolute atomic E-state index is 0.0635. The molecule has 0 amide bonds. The van der Waals surface area contributed by atoms with E-state index in [1.54, 1.807) is 7.11 Å². The molecule has 0 saturated heterocycles. The van der Waals surface area contributed by atoms with Gasteiger partial charge in [-0.2, -0.15) is 4.76 Å². The molecule has 2 N–H and O–H groups in total. The van der Waals surface area contributed by atoms with Crippen molar-refractivity contribution in [3.63, 3.8) is 0 Å². The first-order valence-corrected chi connectivity index (χ1v) is 11.1. The Morgan fingerprint density at radius 1 is 1.46 bits per heavy atom. The highest BCUT2D eigenvalue weighted by Crippen LogP contribution is 2.58. The number of nitrogens with one attached hydrogen (secondary N) is 1. The van der Waals surface area contributed by atoms with Crippen molar-refractivity contribution in [2.24, 2.45) is 4.76 Å². The fourth-order valence-electron chi connectivity index (χ4n) is 1.96. The van der Waals surface area contributed by atoms with Crippen molar-refractivity contribution in [3.05, 3.63) is 24.3 Å². The summed E-state index contributed by atoms with van der Waals surface area (Å²) in [6.07, 6.45) is 1.71. The fraction of sp³-hybridized carbons (Fsp3) is 0.562. The lowest BCUT2D eigenvalue weighted by molar-refractivity contribution is 0.416. The summed E-state index contributed by atoms with van der Waals surface area (Å²) in [5.74, 6) is 1.01. The molecule has 136 valence electrons. The van der Waals surface area contributed by atoms with E-state index in [1.165, 1.54) is 0 Å². The summed E-state index contributed by atoms with van der Waals surface area (Å²) in [6.45, 7) is 2.97. The van der Waals surface area contributed by atoms with E-state index in [-0.39, 0.29) is 5.25 Å². The molecule has 1 aromatic rings. The highest BCUT2D eigenvalue weighted by molar-refractivity contribution is 8.56. The highest BCUT2D eigenvalue weighted by atomic mass is 32.7. The lowest BCUT2D eigenvalue weighted by Crippen LogP contribution is -2.33. The first-order valence-electron chi connectivity index (χ1n) is 8.05. The second-order valence-electron chi connectivity index (χ2n) is 5.49. The quantitative estimate of drug-likeness (QED) is 0.399. The zero-order valence-electron chi connectivity index (χ0n) is 15.0. The number of para-hydroxylation sites is 2. The average molecular weight is 373 g/mol. The number of ether oxygens (including phenoxy) is 1. The first-order chi connectivity index (χ1) is 11.3. The van der Waals surface area contributed by atoms with Crippen LogP contribution in [-0.4, -0.2) is 41.7 Å². The Morgan fingerprint density at radius 3 is 2.71 bits per heavy atom. The van der Waals surface area contributed by atoms with Crippen molar-refractivity contribution in [2.45, 2.75) is 38.9 Å². The number of benzene rings is 1. The van der Waals surface area contributed by atoms with E-state index < -0.39 is 6.72 Å². The summed E-state index contributed by atoms with van der Waals surface area (Å²) in [7, 11) is 3.43. The van der Waals surface area contributed by atoms with Gasteiger partial charge in [-0.1, -0.05) is 32.9 Å². The lowest BCUT2D eigenvalue weighted by Gasteiger charge is -2.23. The molecule has 0 radical (unpaired) electrons. The zero-order chi connectivity index (χ0) is 18.2. The van der Waals surface area contributed by atoms with Gasteiger partial charge in [0.2, 0.25) is 5.96 Å². The number of rotatable bonds is 8. The molecular formula is C16H28N3O3PS.